The maximum Gasteiger partial charge on any atom is 0.0708 e. The van der Waals surface area contributed by atoms with Gasteiger partial charge in [-0.05, 0) is 32.1 Å². The molecule has 1 unspecified atom stereocenters. The van der Waals surface area contributed by atoms with Gasteiger partial charge in [-0.15, -0.1) is 6.58 Å². The van der Waals surface area contributed by atoms with Crippen LogP contribution >= 0.6 is 0 Å². The first-order valence-corrected chi connectivity index (χ1v) is 7.42. The van der Waals surface area contributed by atoms with Crippen LogP contribution in [0.1, 0.15) is 44.9 Å². The van der Waals surface area contributed by atoms with Gasteiger partial charge in [0.15, 0.2) is 0 Å². The highest BCUT2D eigenvalue weighted by molar-refractivity contribution is 4.93. The van der Waals surface area contributed by atoms with Crippen LogP contribution < -0.4 is 5.32 Å². The van der Waals surface area contributed by atoms with Gasteiger partial charge >= 0.3 is 0 Å². The first-order valence-electron chi connectivity index (χ1n) is 7.42. The molecule has 1 aliphatic heterocycles. The predicted molar refractivity (Wildman–Crippen MR) is 73.8 cm³/mol. The minimum atomic E-state index is 0.271. The third kappa shape index (κ3) is 4.08. The molecule has 1 N–H and O–H groups in total. The smallest absolute Gasteiger partial charge is 0.0708 e. The first-order chi connectivity index (χ1) is 8.85. The quantitative estimate of drug-likeness (QED) is 0.533. The van der Waals surface area contributed by atoms with Crippen molar-refractivity contribution in [1.82, 2.24) is 5.32 Å². The zero-order valence-electron chi connectivity index (χ0n) is 11.5. The molecule has 1 atom stereocenters. The number of nitrogens with one attached hydrogen (secondary N) is 1. The van der Waals surface area contributed by atoms with Gasteiger partial charge in [-0.25, -0.2) is 0 Å². The standard InChI is InChI=1S/C15H27NO2/c1-2-3-11-17-12-10-16-13-14-6-9-15(18-14)7-4-5-8-15/h2,14,16H,1,3-13H2. The highest BCUT2D eigenvalue weighted by Gasteiger charge is 2.41. The first kappa shape index (κ1) is 14.0. The summed E-state index contributed by atoms with van der Waals surface area (Å²) in [5, 5.41) is 3.43. The molecule has 0 aromatic heterocycles. The normalized spacial score (nSPS) is 25.9. The topological polar surface area (TPSA) is 30.5 Å². The van der Waals surface area contributed by atoms with E-state index >= 15 is 0 Å². The van der Waals surface area contributed by atoms with Crippen molar-refractivity contribution < 1.29 is 9.47 Å². The molecular formula is C15H27NO2. The van der Waals surface area contributed by atoms with E-state index in [1.54, 1.807) is 0 Å². The fourth-order valence-electron chi connectivity index (χ4n) is 3.10. The molecule has 1 heterocycles. The third-order valence-corrected chi connectivity index (χ3v) is 4.11. The van der Waals surface area contributed by atoms with E-state index in [0.717, 1.165) is 32.7 Å². The van der Waals surface area contributed by atoms with E-state index in [0.29, 0.717) is 6.10 Å². The Kier molecular flexibility index (Phi) is 5.67. The Labute approximate surface area is 111 Å². The summed E-state index contributed by atoms with van der Waals surface area (Å²) in [6.07, 6.45) is 11.0. The van der Waals surface area contributed by atoms with Crippen molar-refractivity contribution in [3.63, 3.8) is 0 Å². The van der Waals surface area contributed by atoms with E-state index in [1.807, 2.05) is 6.08 Å². The minimum Gasteiger partial charge on any atom is -0.380 e. The second kappa shape index (κ2) is 7.27. The van der Waals surface area contributed by atoms with Gasteiger partial charge in [0.05, 0.1) is 24.9 Å². The largest absolute Gasteiger partial charge is 0.380 e. The summed E-state index contributed by atoms with van der Waals surface area (Å²) in [6, 6.07) is 0. The van der Waals surface area contributed by atoms with Crippen molar-refractivity contribution >= 4 is 0 Å². The Morgan fingerprint density at radius 2 is 2.11 bits per heavy atom. The molecule has 1 saturated heterocycles. The highest BCUT2D eigenvalue weighted by Crippen LogP contribution is 2.42. The van der Waals surface area contributed by atoms with Crippen molar-refractivity contribution in [2.75, 3.05) is 26.3 Å². The van der Waals surface area contributed by atoms with E-state index in [4.69, 9.17) is 9.47 Å². The molecule has 3 heteroatoms. The molecule has 2 fully saturated rings. The molecule has 2 rings (SSSR count). The number of ether oxygens (including phenoxy) is 2. The molecule has 104 valence electrons. The van der Waals surface area contributed by atoms with Gasteiger partial charge in [-0.3, -0.25) is 0 Å². The van der Waals surface area contributed by atoms with Gasteiger partial charge < -0.3 is 14.8 Å². The maximum absolute atomic E-state index is 6.24. The van der Waals surface area contributed by atoms with Crippen LogP contribution in [0.3, 0.4) is 0 Å². The molecule has 0 radical (unpaired) electrons. The Hall–Kier alpha value is -0.380. The highest BCUT2D eigenvalue weighted by atomic mass is 16.5. The van der Waals surface area contributed by atoms with E-state index in [9.17, 15) is 0 Å². The van der Waals surface area contributed by atoms with E-state index in [-0.39, 0.29) is 5.60 Å². The third-order valence-electron chi connectivity index (χ3n) is 4.11. The van der Waals surface area contributed by atoms with Gasteiger partial charge in [-0.1, -0.05) is 18.9 Å². The Morgan fingerprint density at radius 3 is 2.89 bits per heavy atom. The fraction of sp³-hybridized carbons (Fsp3) is 0.867. The summed E-state index contributed by atoms with van der Waals surface area (Å²) in [4.78, 5) is 0. The van der Waals surface area contributed by atoms with Crippen molar-refractivity contribution in [3.8, 4) is 0 Å². The van der Waals surface area contributed by atoms with E-state index in [1.165, 1.54) is 38.5 Å². The zero-order valence-corrected chi connectivity index (χ0v) is 11.5. The maximum atomic E-state index is 6.24. The van der Waals surface area contributed by atoms with Crippen LogP contribution in [-0.2, 0) is 9.47 Å². The second-order valence-corrected chi connectivity index (χ2v) is 5.56. The lowest BCUT2D eigenvalue weighted by molar-refractivity contribution is -0.0354. The zero-order chi connectivity index (χ0) is 12.7. The van der Waals surface area contributed by atoms with Crippen LogP contribution in [0, 0.1) is 0 Å². The second-order valence-electron chi connectivity index (χ2n) is 5.56. The molecule has 18 heavy (non-hydrogen) atoms. The average Bonchev–Trinajstić information content (AvgIpc) is 3.00. The summed E-state index contributed by atoms with van der Waals surface area (Å²) < 4.78 is 11.7. The lowest BCUT2D eigenvalue weighted by Gasteiger charge is -2.23. The fourth-order valence-corrected chi connectivity index (χ4v) is 3.10. The summed E-state index contributed by atoms with van der Waals surface area (Å²) in [5.41, 5.74) is 0.271. The molecule has 0 bridgehead atoms. The van der Waals surface area contributed by atoms with Crippen LogP contribution in [0.4, 0.5) is 0 Å². The van der Waals surface area contributed by atoms with Crippen LogP contribution in [0.25, 0.3) is 0 Å². The SMILES string of the molecule is C=CCCOCCNCC1CCC2(CCCC2)O1. The lowest BCUT2D eigenvalue weighted by atomic mass is 9.98. The Balaban J connectivity index is 1.49. The predicted octanol–water partition coefficient (Wildman–Crippen LogP) is 2.66. The van der Waals surface area contributed by atoms with Gasteiger partial charge in [0.1, 0.15) is 0 Å². The number of hydrogen-bond acceptors (Lipinski definition) is 3. The number of hydrogen-bond donors (Lipinski definition) is 1. The molecule has 1 spiro atoms. The van der Waals surface area contributed by atoms with Crippen molar-refractivity contribution in [2.45, 2.75) is 56.7 Å². The molecule has 1 aliphatic carbocycles. The lowest BCUT2D eigenvalue weighted by Crippen LogP contribution is -2.32. The summed E-state index contributed by atoms with van der Waals surface area (Å²) in [6.45, 7) is 7.14. The minimum absolute atomic E-state index is 0.271. The van der Waals surface area contributed by atoms with Crippen molar-refractivity contribution in [2.24, 2.45) is 0 Å². The average molecular weight is 253 g/mol. The van der Waals surface area contributed by atoms with Gasteiger partial charge in [0.25, 0.3) is 0 Å². The van der Waals surface area contributed by atoms with Crippen LogP contribution in [-0.4, -0.2) is 38.0 Å². The Morgan fingerprint density at radius 1 is 1.28 bits per heavy atom. The molecule has 3 nitrogen and oxygen atoms in total. The molecule has 0 aromatic rings. The molecule has 1 saturated carbocycles. The van der Waals surface area contributed by atoms with Crippen molar-refractivity contribution in [1.29, 1.82) is 0 Å². The van der Waals surface area contributed by atoms with Crippen molar-refractivity contribution in [3.05, 3.63) is 12.7 Å². The summed E-state index contributed by atoms with van der Waals surface area (Å²) in [5.74, 6) is 0. The van der Waals surface area contributed by atoms with E-state index in [2.05, 4.69) is 11.9 Å². The monoisotopic (exact) mass is 253 g/mol. The summed E-state index contributed by atoms with van der Waals surface area (Å²) >= 11 is 0. The van der Waals surface area contributed by atoms with E-state index < -0.39 is 0 Å². The molecule has 0 aromatic carbocycles. The van der Waals surface area contributed by atoms with Crippen LogP contribution in [0.5, 0.6) is 0 Å². The Bertz CT molecular complexity index is 249. The summed E-state index contributed by atoms with van der Waals surface area (Å²) in [7, 11) is 0. The molecular weight excluding hydrogens is 226 g/mol. The molecule has 0 amide bonds. The van der Waals surface area contributed by atoms with Crippen LogP contribution in [0.2, 0.25) is 0 Å². The number of rotatable bonds is 8. The molecule has 2 aliphatic rings. The van der Waals surface area contributed by atoms with Gasteiger partial charge in [-0.2, -0.15) is 0 Å². The van der Waals surface area contributed by atoms with Gasteiger partial charge in [0.2, 0.25) is 0 Å². The van der Waals surface area contributed by atoms with Gasteiger partial charge in [0, 0.05) is 13.1 Å². The van der Waals surface area contributed by atoms with Crippen LogP contribution in [0.15, 0.2) is 12.7 Å².